The molecule has 8 heteroatoms. The molecule has 0 unspecified atom stereocenters. The first kappa shape index (κ1) is 28.7. The summed E-state index contributed by atoms with van der Waals surface area (Å²) in [6, 6.07) is 13.8. The van der Waals surface area contributed by atoms with Gasteiger partial charge in [0.1, 0.15) is 17.2 Å². The van der Waals surface area contributed by atoms with Crippen LogP contribution in [0, 0.1) is 0 Å². The van der Waals surface area contributed by atoms with Crippen molar-refractivity contribution in [2.75, 3.05) is 5.32 Å². The molecule has 0 atom stereocenters. The number of hydrogen-bond donors (Lipinski definition) is 2. The van der Waals surface area contributed by atoms with E-state index in [0.29, 0.717) is 16.7 Å². The van der Waals surface area contributed by atoms with Crippen molar-refractivity contribution >= 4 is 35.1 Å². The quantitative estimate of drug-likeness (QED) is 0.197. The van der Waals surface area contributed by atoms with Crippen LogP contribution in [0.25, 0.3) is 0 Å². The first-order valence-corrected chi connectivity index (χ1v) is 12.4. The number of carbonyl (C=O) groups excluding carboxylic acids is 3. The van der Waals surface area contributed by atoms with E-state index in [1.54, 1.807) is 24.3 Å². The molecule has 0 radical (unpaired) electrons. The number of ketones is 1. The minimum Gasteiger partial charge on any atom is -0.507 e. The maximum Gasteiger partial charge on any atom is 0.417 e. The van der Waals surface area contributed by atoms with Crippen LogP contribution in [-0.2, 0) is 10.8 Å². The van der Waals surface area contributed by atoms with Gasteiger partial charge >= 0.3 is 12.1 Å². The van der Waals surface area contributed by atoms with E-state index >= 15 is 0 Å². The molecule has 0 bridgehead atoms. The van der Waals surface area contributed by atoms with E-state index in [-0.39, 0.29) is 39.3 Å². The summed E-state index contributed by atoms with van der Waals surface area (Å²) >= 11 is 6.24. The SMILES string of the molecule is CC(=O)c1ccc(OC(=O)Nc2cc(OC(=O)c3cc(C(C)(C)C)c(O)c(C(C)(C)C)c3)ccc2Cl)cc1. The lowest BCUT2D eigenvalue weighted by molar-refractivity contribution is 0.0734. The number of phenolic OH excluding ortho intramolecular Hbond substituents is 1. The number of nitrogens with one attached hydrogen (secondary N) is 1. The molecule has 200 valence electrons. The number of halogens is 1. The molecule has 0 aliphatic carbocycles. The van der Waals surface area contributed by atoms with Crippen LogP contribution < -0.4 is 14.8 Å². The van der Waals surface area contributed by atoms with Gasteiger partial charge in [-0.3, -0.25) is 10.1 Å². The smallest absolute Gasteiger partial charge is 0.417 e. The average molecular weight is 538 g/mol. The van der Waals surface area contributed by atoms with E-state index in [0.717, 1.165) is 0 Å². The van der Waals surface area contributed by atoms with Gasteiger partial charge in [-0.05, 0) is 66.3 Å². The third kappa shape index (κ3) is 6.92. The molecule has 0 aliphatic rings. The number of benzene rings is 3. The highest BCUT2D eigenvalue weighted by molar-refractivity contribution is 6.33. The van der Waals surface area contributed by atoms with E-state index < -0.39 is 22.9 Å². The van der Waals surface area contributed by atoms with Crippen LogP contribution in [0.15, 0.2) is 54.6 Å². The summed E-state index contributed by atoms with van der Waals surface area (Å²) < 4.78 is 10.9. The van der Waals surface area contributed by atoms with Crippen molar-refractivity contribution in [3.8, 4) is 17.2 Å². The van der Waals surface area contributed by atoms with Gasteiger partial charge < -0.3 is 14.6 Å². The fraction of sp³-hybridized carbons (Fsp3) is 0.300. The van der Waals surface area contributed by atoms with Gasteiger partial charge in [0.05, 0.1) is 16.3 Å². The number of carbonyl (C=O) groups is 3. The molecule has 0 spiro atoms. The van der Waals surface area contributed by atoms with Crippen molar-refractivity contribution in [1.82, 2.24) is 0 Å². The van der Waals surface area contributed by atoms with Gasteiger partial charge in [0.15, 0.2) is 5.78 Å². The average Bonchev–Trinajstić information content (AvgIpc) is 2.80. The topological polar surface area (TPSA) is 102 Å². The molecule has 0 saturated carbocycles. The molecule has 0 heterocycles. The largest absolute Gasteiger partial charge is 0.507 e. The van der Waals surface area contributed by atoms with Gasteiger partial charge in [-0.1, -0.05) is 53.1 Å². The number of amides is 1. The molecule has 3 rings (SSSR count). The molecular weight excluding hydrogens is 506 g/mol. The van der Waals surface area contributed by atoms with Crippen molar-refractivity contribution in [2.24, 2.45) is 0 Å². The number of hydrogen-bond acceptors (Lipinski definition) is 6. The predicted octanol–water partition coefficient (Wildman–Crippen LogP) is 7.67. The summed E-state index contributed by atoms with van der Waals surface area (Å²) in [5, 5.41) is 13.7. The van der Waals surface area contributed by atoms with Crippen LogP contribution in [0.2, 0.25) is 5.02 Å². The van der Waals surface area contributed by atoms with Gasteiger partial charge in [0.25, 0.3) is 0 Å². The van der Waals surface area contributed by atoms with E-state index in [2.05, 4.69) is 5.32 Å². The van der Waals surface area contributed by atoms with Crippen LogP contribution in [-0.4, -0.2) is 23.0 Å². The predicted molar refractivity (Wildman–Crippen MR) is 148 cm³/mol. The van der Waals surface area contributed by atoms with Crippen LogP contribution in [0.4, 0.5) is 10.5 Å². The van der Waals surface area contributed by atoms with Crippen molar-refractivity contribution in [3.05, 3.63) is 81.9 Å². The zero-order valence-corrected chi connectivity index (χ0v) is 23.3. The van der Waals surface area contributed by atoms with Gasteiger partial charge in [-0.2, -0.15) is 0 Å². The molecule has 0 aromatic heterocycles. The second-order valence-corrected chi connectivity index (χ2v) is 11.5. The number of aromatic hydroxyl groups is 1. The van der Waals surface area contributed by atoms with E-state index in [1.807, 2.05) is 41.5 Å². The number of anilines is 1. The Morgan fingerprint density at radius 1 is 0.763 bits per heavy atom. The monoisotopic (exact) mass is 537 g/mol. The Kier molecular flexibility index (Phi) is 8.22. The highest BCUT2D eigenvalue weighted by Crippen LogP contribution is 2.40. The highest BCUT2D eigenvalue weighted by Gasteiger charge is 2.28. The van der Waals surface area contributed by atoms with Gasteiger partial charge in [-0.15, -0.1) is 0 Å². The number of rotatable bonds is 5. The zero-order valence-electron chi connectivity index (χ0n) is 22.6. The van der Waals surface area contributed by atoms with Crippen LogP contribution >= 0.6 is 11.6 Å². The lowest BCUT2D eigenvalue weighted by Gasteiger charge is -2.27. The number of esters is 1. The number of phenols is 1. The van der Waals surface area contributed by atoms with Crippen LogP contribution in [0.3, 0.4) is 0 Å². The minimum atomic E-state index is -0.811. The minimum absolute atomic E-state index is 0.101. The normalized spacial score (nSPS) is 11.6. The first-order chi connectivity index (χ1) is 17.6. The van der Waals surface area contributed by atoms with Gasteiger partial charge in [-0.25, -0.2) is 9.59 Å². The molecule has 1 amide bonds. The van der Waals surface area contributed by atoms with Gasteiger partial charge in [0.2, 0.25) is 0 Å². The van der Waals surface area contributed by atoms with Crippen LogP contribution in [0.5, 0.6) is 17.2 Å². The number of ether oxygens (including phenoxy) is 2. The molecule has 0 fully saturated rings. The van der Waals surface area contributed by atoms with Crippen molar-refractivity contribution in [1.29, 1.82) is 0 Å². The molecule has 3 aromatic carbocycles. The summed E-state index contributed by atoms with van der Waals surface area (Å²) in [5.41, 5.74) is 1.40. The van der Waals surface area contributed by atoms with E-state index in [1.165, 1.54) is 37.3 Å². The molecule has 3 aromatic rings. The lowest BCUT2D eigenvalue weighted by Crippen LogP contribution is -2.20. The second-order valence-electron chi connectivity index (χ2n) is 11.0. The molecule has 0 saturated heterocycles. The van der Waals surface area contributed by atoms with Crippen molar-refractivity contribution < 1.29 is 29.0 Å². The summed E-state index contributed by atoms with van der Waals surface area (Å²) in [6.45, 7) is 13.2. The third-order valence-electron chi connectivity index (χ3n) is 5.82. The Bertz CT molecular complexity index is 1350. The first-order valence-electron chi connectivity index (χ1n) is 12.1. The van der Waals surface area contributed by atoms with E-state index in [4.69, 9.17) is 21.1 Å². The summed E-state index contributed by atoms with van der Waals surface area (Å²) in [7, 11) is 0. The molecule has 7 nitrogen and oxygen atoms in total. The molecular formula is C30H32ClNO6. The molecule has 38 heavy (non-hydrogen) atoms. The standard InChI is InChI=1S/C30H32ClNO6/c1-17(33)18-8-10-20(11-9-18)38-28(36)32-25-16-21(12-13-24(25)31)37-27(35)19-14-22(29(2,3)4)26(34)23(15-19)30(5,6)7/h8-16,34H,1-7H3,(H,32,36). The summed E-state index contributed by atoms with van der Waals surface area (Å²) in [6.07, 6.45) is -0.811. The Labute approximate surface area is 227 Å². The highest BCUT2D eigenvalue weighted by atomic mass is 35.5. The second kappa shape index (κ2) is 10.9. The van der Waals surface area contributed by atoms with E-state index in [9.17, 15) is 19.5 Å². The summed E-state index contributed by atoms with van der Waals surface area (Å²) in [5.74, 6) is -0.168. The summed E-state index contributed by atoms with van der Waals surface area (Å²) in [4.78, 5) is 37.0. The number of Topliss-reactive ketones (excluding diaryl/α,β-unsaturated/α-hetero) is 1. The maximum absolute atomic E-state index is 13.1. The fourth-order valence-electron chi connectivity index (χ4n) is 3.73. The Morgan fingerprint density at radius 2 is 1.29 bits per heavy atom. The van der Waals surface area contributed by atoms with Crippen molar-refractivity contribution in [2.45, 2.75) is 59.3 Å². The fourth-order valence-corrected chi connectivity index (χ4v) is 3.89. The Hall–Kier alpha value is -3.84. The van der Waals surface area contributed by atoms with Crippen LogP contribution in [0.1, 0.15) is 80.3 Å². The molecule has 0 aliphatic heterocycles. The zero-order chi connectivity index (χ0) is 28.4. The van der Waals surface area contributed by atoms with Gasteiger partial charge in [0, 0.05) is 22.8 Å². The van der Waals surface area contributed by atoms with Crippen molar-refractivity contribution in [3.63, 3.8) is 0 Å². The third-order valence-corrected chi connectivity index (χ3v) is 6.15. The Balaban J connectivity index is 1.82. The maximum atomic E-state index is 13.1. The molecule has 2 N–H and O–H groups in total. The lowest BCUT2D eigenvalue weighted by atomic mass is 9.78. The Morgan fingerprint density at radius 3 is 1.79 bits per heavy atom.